The predicted molar refractivity (Wildman–Crippen MR) is 65.5 cm³/mol. The Morgan fingerprint density at radius 2 is 2.35 bits per heavy atom. The van der Waals surface area contributed by atoms with Crippen molar-refractivity contribution in [3.05, 3.63) is 18.2 Å². The van der Waals surface area contributed by atoms with Gasteiger partial charge in [0.05, 0.1) is 5.69 Å². The lowest BCUT2D eigenvalue weighted by atomic mass is 10.2. The Morgan fingerprint density at radius 1 is 1.41 bits per heavy atom. The van der Waals surface area contributed by atoms with E-state index in [0.29, 0.717) is 6.04 Å². The Bertz CT molecular complexity index is 441. The van der Waals surface area contributed by atoms with E-state index in [0.717, 1.165) is 36.6 Å². The van der Waals surface area contributed by atoms with Crippen LogP contribution in [0.1, 0.15) is 6.42 Å². The van der Waals surface area contributed by atoms with Crippen molar-refractivity contribution in [1.29, 1.82) is 0 Å². The van der Waals surface area contributed by atoms with Gasteiger partial charge in [-0.3, -0.25) is 4.79 Å². The molecule has 1 aromatic carbocycles. The minimum atomic E-state index is -0.0998. The van der Waals surface area contributed by atoms with Crippen LogP contribution in [0.4, 0.5) is 11.4 Å². The molecule has 90 valence electrons. The lowest BCUT2D eigenvalue weighted by Gasteiger charge is -2.20. The number of rotatable bonds is 2. The molecule has 3 N–H and O–H groups in total. The summed E-state index contributed by atoms with van der Waals surface area (Å²) in [5.74, 6) is 0.636. The van der Waals surface area contributed by atoms with Gasteiger partial charge in [0.25, 0.3) is 5.91 Å². The molecule has 0 bridgehead atoms. The van der Waals surface area contributed by atoms with Crippen LogP contribution in [0.3, 0.4) is 0 Å². The van der Waals surface area contributed by atoms with Crippen molar-refractivity contribution in [1.82, 2.24) is 5.32 Å². The highest BCUT2D eigenvalue weighted by atomic mass is 16.5. The highest BCUT2D eigenvalue weighted by Gasteiger charge is 2.18. The first-order valence-corrected chi connectivity index (χ1v) is 5.85. The van der Waals surface area contributed by atoms with Gasteiger partial charge in [-0.05, 0) is 31.2 Å². The average Bonchev–Trinajstić information content (AvgIpc) is 2.81. The Morgan fingerprint density at radius 3 is 3.18 bits per heavy atom. The van der Waals surface area contributed by atoms with Crippen LogP contribution in [0.2, 0.25) is 0 Å². The van der Waals surface area contributed by atoms with Crippen LogP contribution in [0.25, 0.3) is 0 Å². The molecule has 0 aromatic heterocycles. The fraction of sp³-hybridized carbons (Fsp3) is 0.417. The van der Waals surface area contributed by atoms with Crippen molar-refractivity contribution < 1.29 is 9.53 Å². The summed E-state index contributed by atoms with van der Waals surface area (Å²) in [5.41, 5.74) is 1.76. The molecule has 0 spiro atoms. The molecule has 17 heavy (non-hydrogen) atoms. The fourth-order valence-electron chi connectivity index (χ4n) is 2.19. The third-order valence-corrected chi connectivity index (χ3v) is 3.04. The molecule has 1 saturated heterocycles. The fourth-order valence-corrected chi connectivity index (χ4v) is 2.19. The molecule has 1 fully saturated rings. The van der Waals surface area contributed by atoms with Crippen molar-refractivity contribution >= 4 is 17.3 Å². The Kier molecular flexibility index (Phi) is 2.60. The van der Waals surface area contributed by atoms with Crippen LogP contribution in [-0.4, -0.2) is 31.6 Å². The maximum Gasteiger partial charge on any atom is 0.262 e. The first-order chi connectivity index (χ1) is 8.31. The van der Waals surface area contributed by atoms with E-state index in [9.17, 15) is 4.79 Å². The van der Waals surface area contributed by atoms with Crippen molar-refractivity contribution in [3.8, 4) is 5.75 Å². The van der Waals surface area contributed by atoms with Crippen LogP contribution in [0, 0.1) is 0 Å². The number of hydrogen-bond acceptors (Lipinski definition) is 4. The van der Waals surface area contributed by atoms with Crippen LogP contribution in [0.15, 0.2) is 18.2 Å². The van der Waals surface area contributed by atoms with E-state index < -0.39 is 0 Å². The second-order valence-electron chi connectivity index (χ2n) is 4.38. The van der Waals surface area contributed by atoms with Gasteiger partial charge < -0.3 is 20.7 Å². The summed E-state index contributed by atoms with van der Waals surface area (Å²) < 4.78 is 5.31. The second kappa shape index (κ2) is 4.25. The summed E-state index contributed by atoms with van der Waals surface area (Å²) in [7, 11) is 0. The van der Waals surface area contributed by atoms with Crippen LogP contribution in [0.5, 0.6) is 5.75 Å². The van der Waals surface area contributed by atoms with Gasteiger partial charge in [0.1, 0.15) is 5.75 Å². The Hall–Kier alpha value is -1.75. The molecular weight excluding hydrogens is 218 g/mol. The van der Waals surface area contributed by atoms with Crippen molar-refractivity contribution in [2.24, 2.45) is 0 Å². The third kappa shape index (κ3) is 2.19. The van der Waals surface area contributed by atoms with E-state index in [1.807, 2.05) is 18.2 Å². The number of benzene rings is 1. The molecule has 0 saturated carbocycles. The summed E-state index contributed by atoms with van der Waals surface area (Å²) in [6, 6.07) is 6.26. The SMILES string of the molecule is O=C1COc2ccc(NC3CCNC3)cc2N1. The molecule has 2 aliphatic rings. The highest BCUT2D eigenvalue weighted by molar-refractivity contribution is 5.96. The molecule has 2 aliphatic heterocycles. The van der Waals surface area contributed by atoms with Crippen molar-refractivity contribution in [3.63, 3.8) is 0 Å². The van der Waals surface area contributed by atoms with E-state index >= 15 is 0 Å². The van der Waals surface area contributed by atoms with E-state index in [2.05, 4.69) is 16.0 Å². The minimum Gasteiger partial charge on any atom is -0.482 e. The van der Waals surface area contributed by atoms with Gasteiger partial charge in [-0.25, -0.2) is 0 Å². The lowest BCUT2D eigenvalue weighted by molar-refractivity contribution is -0.118. The number of amides is 1. The van der Waals surface area contributed by atoms with Gasteiger partial charge in [0, 0.05) is 18.3 Å². The molecule has 5 heteroatoms. The van der Waals surface area contributed by atoms with E-state index in [-0.39, 0.29) is 12.5 Å². The van der Waals surface area contributed by atoms with Crippen LogP contribution < -0.4 is 20.7 Å². The number of fused-ring (bicyclic) bond motifs is 1. The maximum absolute atomic E-state index is 11.2. The Labute approximate surface area is 99.5 Å². The second-order valence-corrected chi connectivity index (χ2v) is 4.38. The first kappa shape index (κ1) is 10.4. The normalized spacial score (nSPS) is 22.6. The van der Waals surface area contributed by atoms with Gasteiger partial charge in [-0.1, -0.05) is 0 Å². The standard InChI is InChI=1S/C12H15N3O2/c16-12-7-17-11-2-1-8(5-10(11)15-12)14-9-3-4-13-6-9/h1-2,5,9,13-14H,3-4,6-7H2,(H,15,16). The zero-order valence-electron chi connectivity index (χ0n) is 9.45. The molecule has 0 aliphatic carbocycles. The molecule has 1 atom stereocenters. The van der Waals surface area contributed by atoms with Gasteiger partial charge in [-0.15, -0.1) is 0 Å². The van der Waals surface area contributed by atoms with Gasteiger partial charge in [0.2, 0.25) is 0 Å². The Balaban J connectivity index is 1.77. The molecular formula is C12H15N3O2. The predicted octanol–water partition coefficient (Wildman–Crippen LogP) is 0.791. The number of carbonyl (C=O) groups is 1. The van der Waals surface area contributed by atoms with Crippen molar-refractivity contribution in [2.45, 2.75) is 12.5 Å². The van der Waals surface area contributed by atoms with Crippen molar-refractivity contribution in [2.75, 3.05) is 30.3 Å². The molecule has 2 heterocycles. The third-order valence-electron chi connectivity index (χ3n) is 3.04. The summed E-state index contributed by atoms with van der Waals surface area (Å²) in [6.45, 7) is 2.15. The number of nitrogens with one attached hydrogen (secondary N) is 3. The van der Waals surface area contributed by atoms with Crippen LogP contribution >= 0.6 is 0 Å². The number of ether oxygens (including phenoxy) is 1. The first-order valence-electron chi connectivity index (χ1n) is 5.85. The summed E-state index contributed by atoms with van der Waals surface area (Å²) in [5, 5.41) is 9.55. The zero-order chi connectivity index (χ0) is 11.7. The molecule has 3 rings (SSSR count). The summed E-state index contributed by atoms with van der Waals surface area (Å²) in [4.78, 5) is 11.2. The smallest absolute Gasteiger partial charge is 0.262 e. The monoisotopic (exact) mass is 233 g/mol. The maximum atomic E-state index is 11.2. The van der Waals surface area contributed by atoms with Gasteiger partial charge in [0.15, 0.2) is 6.61 Å². The highest BCUT2D eigenvalue weighted by Crippen LogP contribution is 2.30. The minimum absolute atomic E-state index is 0.0998. The molecule has 0 radical (unpaired) electrons. The van der Waals surface area contributed by atoms with E-state index in [1.165, 1.54) is 0 Å². The number of carbonyl (C=O) groups excluding carboxylic acids is 1. The molecule has 1 amide bonds. The van der Waals surface area contributed by atoms with E-state index in [4.69, 9.17) is 4.74 Å². The number of anilines is 2. The van der Waals surface area contributed by atoms with Gasteiger partial charge in [-0.2, -0.15) is 0 Å². The lowest BCUT2D eigenvalue weighted by Crippen LogP contribution is -2.26. The topological polar surface area (TPSA) is 62.4 Å². The van der Waals surface area contributed by atoms with Gasteiger partial charge >= 0.3 is 0 Å². The molecule has 1 aromatic rings. The number of hydrogen-bond donors (Lipinski definition) is 3. The average molecular weight is 233 g/mol. The molecule has 5 nitrogen and oxygen atoms in total. The quantitative estimate of drug-likeness (QED) is 0.707. The molecule has 1 unspecified atom stereocenters. The largest absolute Gasteiger partial charge is 0.482 e. The summed E-state index contributed by atoms with van der Waals surface area (Å²) in [6.07, 6.45) is 1.12. The summed E-state index contributed by atoms with van der Waals surface area (Å²) >= 11 is 0. The van der Waals surface area contributed by atoms with E-state index in [1.54, 1.807) is 0 Å². The van der Waals surface area contributed by atoms with Crippen LogP contribution in [-0.2, 0) is 4.79 Å². The zero-order valence-corrected chi connectivity index (χ0v) is 9.45.